The molecular weight excluding hydrogens is 204 g/mol. The number of amides is 1. The van der Waals surface area contributed by atoms with Crippen LogP contribution in [0.15, 0.2) is 24.3 Å². The molecule has 4 heteroatoms. The Labute approximate surface area is 96.0 Å². The number of methoxy groups -OCH3 is 1. The number of rotatable bonds is 5. The van der Waals surface area contributed by atoms with E-state index in [1.165, 1.54) is 0 Å². The number of nitrogens with zero attached hydrogens (tertiary/aromatic N) is 1. The number of ether oxygens (including phenoxy) is 1. The first-order valence-electron chi connectivity index (χ1n) is 5.28. The van der Waals surface area contributed by atoms with Gasteiger partial charge in [0.25, 0.3) is 0 Å². The molecule has 0 aliphatic carbocycles. The Morgan fingerprint density at radius 3 is 2.75 bits per heavy atom. The molecule has 16 heavy (non-hydrogen) atoms. The lowest BCUT2D eigenvalue weighted by atomic mass is 10.1. The minimum Gasteiger partial charge on any atom is -0.496 e. The van der Waals surface area contributed by atoms with E-state index >= 15 is 0 Å². The molecule has 0 radical (unpaired) electrons. The Bertz CT molecular complexity index is 351. The molecule has 1 aromatic carbocycles. The molecule has 0 aliphatic heterocycles. The minimum absolute atomic E-state index is 0.0464. The molecule has 1 rings (SSSR count). The second-order valence-corrected chi connectivity index (χ2v) is 3.67. The molecule has 4 nitrogen and oxygen atoms in total. The van der Waals surface area contributed by atoms with Gasteiger partial charge in [-0.2, -0.15) is 0 Å². The Kier molecular flexibility index (Phi) is 4.79. The van der Waals surface area contributed by atoms with Gasteiger partial charge in [0, 0.05) is 13.5 Å². The molecule has 0 unspecified atom stereocenters. The van der Waals surface area contributed by atoms with Gasteiger partial charge in [0.2, 0.25) is 5.91 Å². The lowest BCUT2D eigenvalue weighted by molar-refractivity contribution is -0.130. The number of nitrogens with two attached hydrogens (primary N) is 1. The number of hydrogen-bond acceptors (Lipinski definition) is 3. The van der Waals surface area contributed by atoms with Crippen LogP contribution in [0.25, 0.3) is 0 Å². The van der Waals surface area contributed by atoms with Crippen molar-refractivity contribution in [2.24, 2.45) is 5.84 Å². The molecule has 1 amide bonds. The second kappa shape index (κ2) is 6.12. The van der Waals surface area contributed by atoms with Crippen molar-refractivity contribution in [3.8, 4) is 5.75 Å². The molecule has 0 bridgehead atoms. The van der Waals surface area contributed by atoms with E-state index in [1.54, 1.807) is 14.2 Å². The van der Waals surface area contributed by atoms with Gasteiger partial charge in [0.1, 0.15) is 5.75 Å². The van der Waals surface area contributed by atoms with Crippen LogP contribution in [-0.4, -0.2) is 25.1 Å². The van der Waals surface area contributed by atoms with Crippen LogP contribution in [0.4, 0.5) is 0 Å². The van der Waals surface area contributed by atoms with Crippen LogP contribution in [0.3, 0.4) is 0 Å². The first kappa shape index (κ1) is 12.5. The zero-order chi connectivity index (χ0) is 12.0. The third kappa shape index (κ3) is 3.55. The largest absolute Gasteiger partial charge is 0.496 e. The first-order chi connectivity index (χ1) is 7.65. The number of carbonyl (C=O) groups is 1. The van der Waals surface area contributed by atoms with Crippen molar-refractivity contribution in [2.45, 2.75) is 19.3 Å². The van der Waals surface area contributed by atoms with E-state index in [1.807, 2.05) is 24.3 Å². The summed E-state index contributed by atoms with van der Waals surface area (Å²) in [6.45, 7) is 0. The van der Waals surface area contributed by atoms with Crippen LogP contribution < -0.4 is 10.6 Å². The zero-order valence-corrected chi connectivity index (χ0v) is 9.77. The maximum absolute atomic E-state index is 11.3. The van der Waals surface area contributed by atoms with Crippen molar-refractivity contribution in [1.29, 1.82) is 0 Å². The number of hydrazine groups is 1. The summed E-state index contributed by atoms with van der Waals surface area (Å²) < 4.78 is 5.23. The van der Waals surface area contributed by atoms with Crippen LogP contribution in [0.5, 0.6) is 5.75 Å². The van der Waals surface area contributed by atoms with E-state index in [-0.39, 0.29) is 5.91 Å². The number of carbonyl (C=O) groups excluding carboxylic acids is 1. The van der Waals surface area contributed by atoms with Crippen LogP contribution in [0.1, 0.15) is 18.4 Å². The molecular formula is C12H18N2O2. The van der Waals surface area contributed by atoms with Crippen molar-refractivity contribution in [3.05, 3.63) is 29.8 Å². The highest BCUT2D eigenvalue weighted by Crippen LogP contribution is 2.19. The zero-order valence-electron chi connectivity index (χ0n) is 9.77. The fourth-order valence-corrected chi connectivity index (χ4v) is 1.52. The first-order valence-corrected chi connectivity index (χ1v) is 5.28. The van der Waals surface area contributed by atoms with Gasteiger partial charge in [-0.1, -0.05) is 18.2 Å². The SMILES string of the molecule is COc1ccccc1CCCC(=O)N(C)N. The average Bonchev–Trinajstić information content (AvgIpc) is 2.29. The summed E-state index contributed by atoms with van der Waals surface area (Å²) >= 11 is 0. The second-order valence-electron chi connectivity index (χ2n) is 3.67. The molecule has 0 saturated heterocycles. The predicted octanol–water partition coefficient (Wildman–Crippen LogP) is 1.35. The van der Waals surface area contributed by atoms with Crippen molar-refractivity contribution < 1.29 is 9.53 Å². The van der Waals surface area contributed by atoms with E-state index in [4.69, 9.17) is 10.6 Å². The summed E-state index contributed by atoms with van der Waals surface area (Å²) in [5.74, 6) is 6.16. The van der Waals surface area contributed by atoms with Crippen LogP contribution in [0, 0.1) is 0 Å². The summed E-state index contributed by atoms with van der Waals surface area (Å²) in [5, 5.41) is 1.13. The van der Waals surface area contributed by atoms with E-state index in [2.05, 4.69) is 0 Å². The lowest BCUT2D eigenvalue weighted by Crippen LogP contribution is -2.32. The third-order valence-electron chi connectivity index (χ3n) is 2.42. The van der Waals surface area contributed by atoms with Gasteiger partial charge < -0.3 is 4.74 Å². The van der Waals surface area contributed by atoms with Crippen molar-refractivity contribution in [2.75, 3.05) is 14.2 Å². The van der Waals surface area contributed by atoms with E-state index in [0.29, 0.717) is 6.42 Å². The topological polar surface area (TPSA) is 55.6 Å². The van der Waals surface area contributed by atoms with Crippen LogP contribution in [-0.2, 0) is 11.2 Å². The summed E-state index contributed by atoms with van der Waals surface area (Å²) in [6, 6.07) is 7.83. The highest BCUT2D eigenvalue weighted by molar-refractivity contribution is 5.75. The van der Waals surface area contributed by atoms with Gasteiger partial charge >= 0.3 is 0 Å². The van der Waals surface area contributed by atoms with E-state index in [0.717, 1.165) is 29.2 Å². The smallest absolute Gasteiger partial charge is 0.236 e. The molecule has 2 N–H and O–H groups in total. The quantitative estimate of drug-likeness (QED) is 0.465. The van der Waals surface area contributed by atoms with Crippen LogP contribution in [0.2, 0.25) is 0 Å². The summed E-state index contributed by atoms with van der Waals surface area (Å²) in [6.07, 6.45) is 2.06. The van der Waals surface area contributed by atoms with Gasteiger partial charge in [0.05, 0.1) is 7.11 Å². The predicted molar refractivity (Wildman–Crippen MR) is 62.9 cm³/mol. The number of hydrogen-bond donors (Lipinski definition) is 1. The van der Waals surface area contributed by atoms with Crippen molar-refractivity contribution in [1.82, 2.24) is 5.01 Å². The standard InChI is InChI=1S/C12H18N2O2/c1-14(13)12(15)9-5-7-10-6-3-4-8-11(10)16-2/h3-4,6,8H,5,7,9,13H2,1-2H3. The normalized spacial score (nSPS) is 9.94. The summed E-state index contributed by atoms with van der Waals surface area (Å²) in [5.41, 5.74) is 1.12. The highest BCUT2D eigenvalue weighted by atomic mass is 16.5. The lowest BCUT2D eigenvalue weighted by Gasteiger charge is -2.10. The Hall–Kier alpha value is -1.55. The maximum Gasteiger partial charge on any atom is 0.236 e. The van der Waals surface area contributed by atoms with Gasteiger partial charge in [-0.25, -0.2) is 5.84 Å². The summed E-state index contributed by atoms with van der Waals surface area (Å²) in [4.78, 5) is 11.3. The average molecular weight is 222 g/mol. The molecule has 0 heterocycles. The van der Waals surface area contributed by atoms with Crippen LogP contribution >= 0.6 is 0 Å². The molecule has 88 valence electrons. The van der Waals surface area contributed by atoms with Gasteiger partial charge in [-0.05, 0) is 24.5 Å². The molecule has 0 aliphatic rings. The fourth-order valence-electron chi connectivity index (χ4n) is 1.52. The minimum atomic E-state index is -0.0464. The highest BCUT2D eigenvalue weighted by Gasteiger charge is 2.06. The van der Waals surface area contributed by atoms with Gasteiger partial charge in [-0.3, -0.25) is 9.80 Å². The molecule has 0 spiro atoms. The monoisotopic (exact) mass is 222 g/mol. The van der Waals surface area contributed by atoms with Gasteiger partial charge in [0.15, 0.2) is 0 Å². The molecule has 0 saturated carbocycles. The summed E-state index contributed by atoms with van der Waals surface area (Å²) in [7, 11) is 3.21. The molecule has 0 aromatic heterocycles. The van der Waals surface area contributed by atoms with E-state index in [9.17, 15) is 4.79 Å². The fraction of sp³-hybridized carbons (Fsp3) is 0.417. The van der Waals surface area contributed by atoms with Crippen molar-refractivity contribution in [3.63, 3.8) is 0 Å². The third-order valence-corrected chi connectivity index (χ3v) is 2.42. The Morgan fingerprint density at radius 2 is 2.12 bits per heavy atom. The maximum atomic E-state index is 11.3. The molecule has 0 fully saturated rings. The number of benzene rings is 1. The molecule has 1 aromatic rings. The van der Waals surface area contributed by atoms with Crippen molar-refractivity contribution >= 4 is 5.91 Å². The molecule has 0 atom stereocenters. The number of aryl methyl sites for hydroxylation is 1. The Balaban J connectivity index is 2.45. The van der Waals surface area contributed by atoms with E-state index < -0.39 is 0 Å². The van der Waals surface area contributed by atoms with Gasteiger partial charge in [-0.15, -0.1) is 0 Å². The Morgan fingerprint density at radius 1 is 1.44 bits per heavy atom. The number of para-hydroxylation sites is 1.